The fourth-order valence-corrected chi connectivity index (χ4v) is 4.82. The lowest BCUT2D eigenvalue weighted by molar-refractivity contribution is 0.0498. The van der Waals surface area contributed by atoms with Gasteiger partial charge >= 0.3 is 5.97 Å². The van der Waals surface area contributed by atoms with E-state index >= 15 is 0 Å². The van der Waals surface area contributed by atoms with Crippen LogP contribution in [0.15, 0.2) is 52.1 Å². The van der Waals surface area contributed by atoms with Crippen molar-refractivity contribution in [1.29, 1.82) is 0 Å². The predicted molar refractivity (Wildman–Crippen MR) is 130 cm³/mol. The minimum Gasteiger partial charge on any atom is -0.462 e. The maximum Gasteiger partial charge on any atom is 0.340 e. The van der Waals surface area contributed by atoms with E-state index in [-0.39, 0.29) is 17.1 Å². The highest BCUT2D eigenvalue weighted by Crippen LogP contribution is 2.28. The highest BCUT2D eigenvalue weighted by Gasteiger charge is 2.25. The smallest absolute Gasteiger partial charge is 0.340 e. The van der Waals surface area contributed by atoms with Gasteiger partial charge in [0.05, 0.1) is 22.8 Å². The van der Waals surface area contributed by atoms with Gasteiger partial charge in [-0.15, -0.1) is 0 Å². The number of benzene rings is 1. The Hall–Kier alpha value is -3.31. The molecule has 0 N–H and O–H groups in total. The number of nitrogens with zero attached hydrogens (tertiary/aromatic N) is 5. The molecule has 10 nitrogen and oxygen atoms in total. The lowest BCUT2D eigenvalue weighted by Gasteiger charge is -2.30. The first-order valence-corrected chi connectivity index (χ1v) is 13.0. The first-order valence-electron chi connectivity index (χ1n) is 11.6. The van der Waals surface area contributed by atoms with Gasteiger partial charge in [-0.3, -0.25) is 4.98 Å². The average Bonchev–Trinajstić information content (AvgIpc) is 3.36. The van der Waals surface area contributed by atoms with Gasteiger partial charge in [-0.1, -0.05) is 5.16 Å². The molecule has 2 aromatic heterocycles. The lowest BCUT2D eigenvalue weighted by atomic mass is 10.1. The van der Waals surface area contributed by atoms with Gasteiger partial charge in [0.15, 0.2) is 0 Å². The fraction of sp³-hybridized carbons (Fsp3) is 0.417. The third-order valence-electron chi connectivity index (χ3n) is 5.82. The van der Waals surface area contributed by atoms with Crippen LogP contribution in [-0.2, 0) is 21.2 Å². The van der Waals surface area contributed by atoms with Gasteiger partial charge in [-0.05, 0) is 56.0 Å². The van der Waals surface area contributed by atoms with Crippen molar-refractivity contribution in [2.75, 3.05) is 38.7 Å². The number of rotatable bonds is 9. The van der Waals surface area contributed by atoms with Crippen molar-refractivity contribution in [3.05, 3.63) is 54.2 Å². The van der Waals surface area contributed by atoms with E-state index in [9.17, 15) is 13.2 Å². The van der Waals surface area contributed by atoms with Gasteiger partial charge in [0.2, 0.25) is 21.7 Å². The summed E-state index contributed by atoms with van der Waals surface area (Å²) in [6, 6.07) is 8.30. The summed E-state index contributed by atoms with van der Waals surface area (Å²) in [5.74, 6) is 0.339. The number of hydrogen-bond donors (Lipinski definition) is 0. The molecule has 3 heterocycles. The van der Waals surface area contributed by atoms with Crippen molar-refractivity contribution in [3.63, 3.8) is 0 Å². The summed E-state index contributed by atoms with van der Waals surface area (Å²) in [5, 5.41) is 3.96. The van der Waals surface area contributed by atoms with Crippen LogP contribution in [0, 0.1) is 0 Å². The third-order valence-corrected chi connectivity index (χ3v) is 7.63. The zero-order valence-electron chi connectivity index (χ0n) is 19.9. The number of anilines is 1. The molecule has 1 fully saturated rings. The Kier molecular flexibility index (Phi) is 7.76. The van der Waals surface area contributed by atoms with Gasteiger partial charge in [0, 0.05) is 51.6 Å². The number of esters is 1. The quantitative estimate of drug-likeness (QED) is 0.323. The van der Waals surface area contributed by atoms with Crippen molar-refractivity contribution >= 4 is 21.7 Å². The largest absolute Gasteiger partial charge is 0.462 e. The molecule has 11 heteroatoms. The maximum atomic E-state index is 13.0. The topological polar surface area (TPSA) is 119 Å². The van der Waals surface area contributed by atoms with E-state index in [1.54, 1.807) is 30.6 Å². The third kappa shape index (κ3) is 5.85. The van der Waals surface area contributed by atoms with Crippen molar-refractivity contribution in [2.24, 2.45) is 0 Å². The SMILES string of the molecule is CN(C)S(=O)(=O)c1ccc(N2CCCCC2)c(C(=O)OCCCc2nc(-c3cccnc3)no2)c1. The van der Waals surface area contributed by atoms with Crippen LogP contribution >= 0.6 is 0 Å². The minimum absolute atomic E-state index is 0.0593. The maximum absolute atomic E-state index is 13.0. The summed E-state index contributed by atoms with van der Waals surface area (Å²) in [6.45, 7) is 1.76. The van der Waals surface area contributed by atoms with Crippen LogP contribution in [0.25, 0.3) is 11.4 Å². The van der Waals surface area contributed by atoms with Crippen molar-refractivity contribution in [2.45, 2.75) is 37.0 Å². The van der Waals surface area contributed by atoms with Crippen molar-refractivity contribution in [1.82, 2.24) is 19.4 Å². The van der Waals surface area contributed by atoms with Gasteiger partial charge in [-0.2, -0.15) is 4.98 Å². The number of aromatic nitrogens is 3. The van der Waals surface area contributed by atoms with Gasteiger partial charge in [0.25, 0.3) is 0 Å². The Morgan fingerprint density at radius 3 is 2.69 bits per heavy atom. The van der Waals surface area contributed by atoms with Gasteiger partial charge in [0.1, 0.15) is 0 Å². The Morgan fingerprint density at radius 2 is 1.97 bits per heavy atom. The van der Waals surface area contributed by atoms with Crippen molar-refractivity contribution in [3.8, 4) is 11.4 Å². The molecular formula is C24H29N5O5S. The summed E-state index contributed by atoms with van der Waals surface area (Å²) < 4.78 is 37.2. The number of piperidine rings is 1. The molecule has 0 radical (unpaired) electrons. The van der Waals surface area contributed by atoms with Gasteiger partial charge in [-0.25, -0.2) is 17.5 Å². The van der Waals surface area contributed by atoms with Crippen LogP contribution < -0.4 is 4.90 Å². The molecule has 1 aromatic carbocycles. The molecule has 1 aliphatic heterocycles. The molecule has 0 unspecified atom stereocenters. The van der Waals surface area contributed by atoms with E-state index in [0.717, 1.165) is 42.2 Å². The second-order valence-corrected chi connectivity index (χ2v) is 10.7. The molecule has 3 aromatic rings. The number of hydrogen-bond acceptors (Lipinski definition) is 9. The van der Waals surface area contributed by atoms with E-state index in [2.05, 4.69) is 20.0 Å². The Bertz CT molecular complexity index is 1250. The molecule has 1 aliphatic rings. The Labute approximate surface area is 205 Å². The molecule has 0 saturated carbocycles. The van der Waals surface area contributed by atoms with Crippen LogP contribution in [0.4, 0.5) is 5.69 Å². The lowest BCUT2D eigenvalue weighted by Crippen LogP contribution is -2.31. The molecule has 0 spiro atoms. The first-order chi connectivity index (χ1) is 16.9. The monoisotopic (exact) mass is 499 g/mol. The molecule has 0 amide bonds. The molecular weight excluding hydrogens is 470 g/mol. The van der Waals surface area contributed by atoms with Gasteiger partial charge < -0.3 is 14.2 Å². The van der Waals surface area contributed by atoms with E-state index in [4.69, 9.17) is 9.26 Å². The molecule has 4 rings (SSSR count). The van der Waals surface area contributed by atoms with E-state index in [1.165, 1.54) is 20.2 Å². The van der Waals surface area contributed by atoms with E-state index in [0.29, 0.717) is 30.2 Å². The molecule has 186 valence electrons. The summed E-state index contributed by atoms with van der Waals surface area (Å²) >= 11 is 0. The molecule has 0 bridgehead atoms. The highest BCUT2D eigenvalue weighted by molar-refractivity contribution is 7.89. The summed E-state index contributed by atoms with van der Waals surface area (Å²) in [7, 11) is -0.764. The number of pyridine rings is 1. The normalized spacial score (nSPS) is 14.3. The number of aryl methyl sites for hydroxylation is 1. The first kappa shape index (κ1) is 24.8. The standard InChI is InChI=1S/C24H29N5O5S/c1-28(2)35(31,32)19-10-11-21(29-13-4-3-5-14-29)20(16-19)24(30)33-15-7-9-22-26-23(27-34-22)18-8-6-12-25-17-18/h6,8,10-12,16-17H,3-5,7,9,13-15H2,1-2H3. The number of carbonyl (C=O) groups is 1. The minimum atomic E-state index is -3.69. The zero-order chi connectivity index (χ0) is 24.8. The van der Waals surface area contributed by atoms with Crippen LogP contribution in [0.1, 0.15) is 41.9 Å². The second kappa shape index (κ2) is 11.0. The highest BCUT2D eigenvalue weighted by atomic mass is 32.2. The molecule has 1 saturated heterocycles. The van der Waals surface area contributed by atoms with E-state index < -0.39 is 16.0 Å². The second-order valence-electron chi connectivity index (χ2n) is 8.51. The molecule has 0 aliphatic carbocycles. The van der Waals surface area contributed by atoms with Crippen LogP contribution in [0.2, 0.25) is 0 Å². The fourth-order valence-electron chi connectivity index (χ4n) is 3.90. The average molecular weight is 500 g/mol. The number of sulfonamides is 1. The summed E-state index contributed by atoms with van der Waals surface area (Å²) in [6.07, 6.45) is 7.43. The Balaban J connectivity index is 1.43. The van der Waals surface area contributed by atoms with E-state index in [1.807, 2.05) is 6.07 Å². The number of ether oxygens (including phenoxy) is 1. The zero-order valence-corrected chi connectivity index (χ0v) is 20.7. The Morgan fingerprint density at radius 1 is 1.17 bits per heavy atom. The summed E-state index contributed by atoms with van der Waals surface area (Å²) in [5.41, 5.74) is 1.71. The van der Waals surface area contributed by atoms with Crippen molar-refractivity contribution < 1.29 is 22.5 Å². The number of carbonyl (C=O) groups excluding carboxylic acids is 1. The molecule has 35 heavy (non-hydrogen) atoms. The predicted octanol–water partition coefficient (Wildman–Crippen LogP) is 3.16. The summed E-state index contributed by atoms with van der Waals surface area (Å²) in [4.78, 5) is 23.6. The molecule has 0 atom stereocenters. The van der Waals surface area contributed by atoms with Crippen LogP contribution in [-0.4, -0.2) is 67.6 Å². The van der Waals surface area contributed by atoms with Crippen LogP contribution in [0.5, 0.6) is 0 Å². The van der Waals surface area contributed by atoms with Crippen LogP contribution in [0.3, 0.4) is 0 Å².